The van der Waals surface area contributed by atoms with Crippen molar-refractivity contribution in [2.75, 3.05) is 9.80 Å². The second-order valence-corrected chi connectivity index (χ2v) is 21.1. The smallest absolute Gasteiger partial charge is 0.248 e. The molecule has 0 atom stereocenters. The number of rotatable bonds is 2. The monoisotopic (exact) mass is 1040 g/mol. The summed E-state index contributed by atoms with van der Waals surface area (Å²) in [5.41, 5.74) is 23.2. The summed E-state index contributed by atoms with van der Waals surface area (Å²) in [5, 5.41) is 8.24. The molecule has 4 aliphatic heterocycles. The van der Waals surface area contributed by atoms with Crippen LogP contribution in [0.3, 0.4) is 0 Å². The zero-order chi connectivity index (χ0) is 41.4. The van der Waals surface area contributed by atoms with Gasteiger partial charge in [0.15, 0.2) is 0 Å². The first-order valence-electron chi connectivity index (χ1n) is 21.0. The van der Waals surface area contributed by atoms with Gasteiger partial charge < -0.3 is 9.80 Å². The van der Waals surface area contributed by atoms with E-state index in [1.54, 1.807) is 0 Å². The Bertz CT molecular complexity index is 3440. The van der Waals surface area contributed by atoms with Crippen LogP contribution in [0, 0.1) is 13.8 Å². The molecule has 0 spiro atoms. The maximum Gasteiger partial charge on any atom is 0.248 e. The number of para-hydroxylation sites is 2. The second kappa shape index (κ2) is 12.8. The molecule has 0 saturated heterocycles. The lowest BCUT2D eigenvalue weighted by Gasteiger charge is -2.42. The molecule has 0 aliphatic carbocycles. The molecule has 10 aromatic rings. The first-order valence-corrected chi connectivity index (χ1v) is 24.2. The fourth-order valence-electron chi connectivity index (χ4n) is 12.0. The lowest BCUT2D eigenvalue weighted by atomic mass is 9.31. The summed E-state index contributed by atoms with van der Waals surface area (Å²) >= 11 is 15.8. The van der Waals surface area contributed by atoms with E-state index in [0.717, 1.165) is 29.3 Å². The maximum atomic E-state index is 4.04. The average molecular weight is 1050 g/mol. The summed E-state index contributed by atoms with van der Waals surface area (Å²) < 4.78 is 4.30. The molecule has 8 heteroatoms. The van der Waals surface area contributed by atoms with Gasteiger partial charge in [-0.1, -0.05) is 147 Å². The summed E-state index contributed by atoms with van der Waals surface area (Å²) in [4.78, 5) is 4.93. The van der Waals surface area contributed by atoms with Crippen molar-refractivity contribution in [2.45, 2.75) is 13.8 Å². The number of fused-ring (bicyclic) bond motifs is 8. The second-order valence-electron chi connectivity index (χ2n) is 17.4. The van der Waals surface area contributed by atoms with E-state index < -0.39 is 0 Å². The Hall–Kier alpha value is -5.11. The predicted octanol–water partition coefficient (Wildman–Crippen LogP) is 12.8. The van der Waals surface area contributed by atoms with Crippen LogP contribution in [0.25, 0.3) is 54.6 Å². The molecule has 0 saturated carbocycles. The summed E-state index contributed by atoms with van der Waals surface area (Å²) in [6, 6.07) is 55.1. The van der Waals surface area contributed by atoms with E-state index in [4.69, 9.17) is 0 Å². The summed E-state index contributed by atoms with van der Waals surface area (Å²) in [6.07, 6.45) is 0. The molecule has 0 fully saturated rings. The van der Waals surface area contributed by atoms with Gasteiger partial charge in [0, 0.05) is 52.0 Å². The molecule has 290 valence electrons. The minimum absolute atomic E-state index is 0.0521. The number of hydrogen-bond acceptors (Lipinski definition) is 2. The number of anilines is 6. The Morgan fingerprint density at radius 3 is 1.18 bits per heavy atom. The van der Waals surface area contributed by atoms with Crippen LogP contribution < -0.4 is 42.6 Å². The van der Waals surface area contributed by atoms with Gasteiger partial charge in [-0.05, 0) is 174 Å². The molecule has 0 unspecified atom stereocenters. The van der Waals surface area contributed by atoms with Crippen molar-refractivity contribution < 1.29 is 0 Å². The van der Waals surface area contributed by atoms with Crippen LogP contribution in [0.4, 0.5) is 34.1 Å². The third kappa shape index (κ3) is 4.66. The predicted molar refractivity (Wildman–Crippen MR) is 280 cm³/mol. The van der Waals surface area contributed by atoms with Crippen molar-refractivity contribution >= 4 is 176 Å². The van der Waals surface area contributed by atoms with Crippen molar-refractivity contribution in [3.05, 3.63) is 175 Å². The summed E-state index contributed by atoms with van der Waals surface area (Å²) in [5.74, 6) is 0. The van der Waals surface area contributed by atoms with Crippen molar-refractivity contribution in [1.82, 2.24) is 0 Å². The van der Waals surface area contributed by atoms with Crippen molar-refractivity contribution in [3.8, 4) is 22.3 Å². The quantitative estimate of drug-likeness (QED) is 0.126. The number of aryl methyl sites for hydroxylation is 2. The zero-order valence-electron chi connectivity index (χ0n) is 33.4. The van der Waals surface area contributed by atoms with E-state index in [-0.39, 0.29) is 13.4 Å². The molecule has 2 nitrogen and oxygen atoms in total. The molecular weight excluding hydrogens is 1020 g/mol. The van der Waals surface area contributed by atoms with Gasteiger partial charge in [0.05, 0.1) is 0 Å². The number of hydrogen-bond donors (Lipinski definition) is 0. The Labute approximate surface area is 393 Å². The summed E-state index contributed by atoms with van der Waals surface area (Å²) in [6.45, 7) is 4.78. The highest BCUT2D eigenvalue weighted by Gasteiger charge is 2.45. The van der Waals surface area contributed by atoms with Crippen LogP contribution in [0.2, 0.25) is 0 Å². The number of benzene rings is 10. The van der Waals surface area contributed by atoms with Crippen molar-refractivity contribution in [2.24, 2.45) is 0 Å². The fraction of sp³-hybridized carbons (Fsp3) is 0.0370. The topological polar surface area (TPSA) is 6.48 Å². The molecule has 10 aromatic carbocycles. The number of halogens is 4. The normalized spacial score (nSPS) is 13.8. The number of nitrogens with zero attached hydrogens (tertiary/aromatic N) is 2. The molecule has 0 amide bonds. The first-order chi connectivity index (χ1) is 30.2. The Morgan fingerprint density at radius 2 is 0.758 bits per heavy atom. The van der Waals surface area contributed by atoms with E-state index in [1.807, 2.05) is 0 Å². The van der Waals surface area contributed by atoms with Gasteiger partial charge in [0.1, 0.15) is 0 Å². The highest BCUT2D eigenvalue weighted by atomic mass is 79.9. The van der Waals surface area contributed by atoms with Gasteiger partial charge in [-0.3, -0.25) is 0 Å². The molecule has 0 N–H and O–H groups in total. The van der Waals surface area contributed by atoms with E-state index in [2.05, 4.69) is 233 Å². The van der Waals surface area contributed by atoms with Gasteiger partial charge in [-0.25, -0.2) is 0 Å². The third-order valence-corrected chi connectivity index (χ3v) is 16.1. The Balaban J connectivity index is 1.14. The SMILES string of the molecule is Cc1cc2c3c(cc4c(C)cc5c6c(cc1c3c46)B1c3ccc(Br)cc3N(c3ccccc3)c3cc(Br)cc-5c31)B1c3ccc(Br)cc3N(c3ccccc3)c3cc(Br)cc-2c31. The third-order valence-electron chi connectivity index (χ3n) is 14.2. The molecule has 0 aromatic heterocycles. The zero-order valence-corrected chi connectivity index (χ0v) is 39.8. The highest BCUT2D eigenvalue weighted by molar-refractivity contribution is 9.11. The molecule has 4 heterocycles. The van der Waals surface area contributed by atoms with Crippen LogP contribution >= 0.6 is 63.7 Å². The lowest BCUT2D eigenvalue weighted by Crippen LogP contribution is -2.60. The van der Waals surface area contributed by atoms with E-state index >= 15 is 0 Å². The van der Waals surface area contributed by atoms with Crippen LogP contribution in [-0.2, 0) is 0 Å². The summed E-state index contributed by atoms with van der Waals surface area (Å²) in [7, 11) is 0. The standard InChI is InChI=1S/C54H30B2Br4N2/c1-27-17-37-39-19-31(59)23-47-53(39)56(42-16-14-30(58)22-46(42)61(47)33-9-5-3-6-10-33)44-26-36-28(2)18-38-40-20-32(60)24-48-54(40)55(43-25-35(27)51(49(37)44)52(36)50(38)43)41-15-13-29(57)21-45(41)62(48)34-11-7-4-8-12-34/h3-26H,1-2H3. The molecule has 14 rings (SSSR count). The van der Waals surface area contributed by atoms with Crippen molar-refractivity contribution in [3.63, 3.8) is 0 Å². The van der Waals surface area contributed by atoms with Crippen LogP contribution in [0.1, 0.15) is 11.1 Å². The molecule has 4 aliphatic rings. The highest BCUT2D eigenvalue weighted by Crippen LogP contribution is 2.50. The average Bonchev–Trinajstić information content (AvgIpc) is 3.27. The van der Waals surface area contributed by atoms with Gasteiger partial charge in [0.25, 0.3) is 0 Å². The van der Waals surface area contributed by atoms with Crippen molar-refractivity contribution in [1.29, 1.82) is 0 Å². The lowest BCUT2D eigenvalue weighted by molar-refractivity contribution is 1.28. The Morgan fingerprint density at radius 1 is 0.355 bits per heavy atom. The van der Waals surface area contributed by atoms with Gasteiger partial charge in [0.2, 0.25) is 13.4 Å². The van der Waals surface area contributed by atoms with Gasteiger partial charge in [-0.15, -0.1) is 0 Å². The van der Waals surface area contributed by atoms with Gasteiger partial charge >= 0.3 is 0 Å². The minimum Gasteiger partial charge on any atom is -0.311 e. The first kappa shape index (κ1) is 36.4. The van der Waals surface area contributed by atoms with Crippen LogP contribution in [0.15, 0.2) is 163 Å². The molecule has 0 radical (unpaired) electrons. The maximum absolute atomic E-state index is 4.04. The Kier molecular flexibility index (Phi) is 7.49. The molecular formula is C54H30B2Br4N2. The van der Waals surface area contributed by atoms with E-state index in [9.17, 15) is 0 Å². The fourth-order valence-corrected chi connectivity index (χ4v) is 13.5. The molecule has 0 bridgehead atoms. The largest absolute Gasteiger partial charge is 0.311 e. The van der Waals surface area contributed by atoms with E-state index in [1.165, 1.54) is 121 Å². The van der Waals surface area contributed by atoms with Crippen LogP contribution in [0.5, 0.6) is 0 Å². The molecule has 62 heavy (non-hydrogen) atoms. The van der Waals surface area contributed by atoms with Gasteiger partial charge in [-0.2, -0.15) is 0 Å². The minimum atomic E-state index is 0.0521. The van der Waals surface area contributed by atoms with Crippen LogP contribution in [-0.4, -0.2) is 13.4 Å². The van der Waals surface area contributed by atoms with E-state index in [0.29, 0.717) is 0 Å².